The first-order valence-electron chi connectivity index (χ1n) is 7.38. The monoisotopic (exact) mass is 360 g/mol. The van der Waals surface area contributed by atoms with E-state index in [2.05, 4.69) is 10.1 Å². The second-order valence-electron chi connectivity index (χ2n) is 5.00. The molecule has 2 rings (SSSR count). The van der Waals surface area contributed by atoms with Crippen LogP contribution in [0.4, 0.5) is 11.4 Å². The first-order valence-corrected chi connectivity index (χ1v) is 7.38. The second kappa shape index (κ2) is 8.47. The van der Waals surface area contributed by atoms with Crippen molar-refractivity contribution in [2.45, 2.75) is 0 Å². The van der Waals surface area contributed by atoms with Gasteiger partial charge in [0.05, 0.1) is 24.7 Å². The second-order valence-corrected chi connectivity index (χ2v) is 5.00. The van der Waals surface area contributed by atoms with Gasteiger partial charge in [-0.2, -0.15) is 0 Å². The van der Waals surface area contributed by atoms with Gasteiger partial charge in [0.2, 0.25) is 0 Å². The zero-order chi connectivity index (χ0) is 19.1. The van der Waals surface area contributed by atoms with Crippen LogP contribution in [0.2, 0.25) is 0 Å². The van der Waals surface area contributed by atoms with Crippen LogP contribution in [-0.4, -0.2) is 37.6 Å². The highest BCUT2D eigenvalue weighted by molar-refractivity contribution is 5.92. The Morgan fingerprint density at radius 1 is 1.12 bits per heavy atom. The van der Waals surface area contributed by atoms with Crippen molar-refractivity contribution in [2.24, 2.45) is 0 Å². The number of amides is 1. The highest BCUT2D eigenvalue weighted by Gasteiger charge is 2.20. The van der Waals surface area contributed by atoms with Gasteiger partial charge in [-0.25, -0.2) is 4.79 Å². The lowest BCUT2D eigenvalue weighted by atomic mass is 10.2. The molecule has 0 aliphatic carbocycles. The number of ether oxygens (including phenoxy) is 3. The Labute approximate surface area is 148 Å². The quantitative estimate of drug-likeness (QED) is 0.458. The van der Waals surface area contributed by atoms with Gasteiger partial charge in [0.25, 0.3) is 5.91 Å². The smallest absolute Gasteiger partial charge is 0.338 e. The van der Waals surface area contributed by atoms with E-state index in [-0.39, 0.29) is 11.3 Å². The summed E-state index contributed by atoms with van der Waals surface area (Å²) in [5.74, 6) is -0.702. The number of carbonyl (C=O) groups is 2. The normalized spacial score (nSPS) is 9.92. The van der Waals surface area contributed by atoms with Gasteiger partial charge in [0.1, 0.15) is 5.75 Å². The first kappa shape index (κ1) is 18.7. The highest BCUT2D eigenvalue weighted by atomic mass is 16.6. The average Bonchev–Trinajstić information content (AvgIpc) is 2.66. The van der Waals surface area contributed by atoms with E-state index >= 15 is 0 Å². The Bertz CT molecular complexity index is 818. The van der Waals surface area contributed by atoms with Gasteiger partial charge >= 0.3 is 11.7 Å². The summed E-state index contributed by atoms with van der Waals surface area (Å²) in [6.45, 7) is -0.440. The molecule has 2 aromatic carbocycles. The largest absolute Gasteiger partial charge is 0.497 e. The molecule has 9 nitrogen and oxygen atoms in total. The fourth-order valence-electron chi connectivity index (χ4n) is 2.04. The van der Waals surface area contributed by atoms with Crippen molar-refractivity contribution in [3.63, 3.8) is 0 Å². The summed E-state index contributed by atoms with van der Waals surface area (Å²) in [4.78, 5) is 33.8. The third kappa shape index (κ3) is 4.69. The summed E-state index contributed by atoms with van der Waals surface area (Å²) in [6, 6.07) is 10.2. The van der Waals surface area contributed by atoms with Crippen LogP contribution in [0.5, 0.6) is 11.5 Å². The molecule has 0 fully saturated rings. The van der Waals surface area contributed by atoms with Crippen LogP contribution in [0.25, 0.3) is 0 Å². The molecule has 1 amide bonds. The van der Waals surface area contributed by atoms with Crippen LogP contribution in [0.15, 0.2) is 42.5 Å². The molecule has 0 unspecified atom stereocenters. The van der Waals surface area contributed by atoms with Gasteiger partial charge in [-0.15, -0.1) is 0 Å². The lowest BCUT2D eigenvalue weighted by Gasteiger charge is -2.09. The number of nitrogens with one attached hydrogen (secondary N) is 1. The van der Waals surface area contributed by atoms with Crippen LogP contribution < -0.4 is 14.8 Å². The Balaban J connectivity index is 2.04. The number of hydrogen-bond donors (Lipinski definition) is 1. The molecule has 0 atom stereocenters. The van der Waals surface area contributed by atoms with Crippen molar-refractivity contribution in [3.8, 4) is 11.5 Å². The van der Waals surface area contributed by atoms with Crippen LogP contribution >= 0.6 is 0 Å². The SMILES string of the molecule is COC(=O)c1ccc(OCC(=O)Nc2ccc(OC)cc2)c([N+](=O)[O-])c1. The molecule has 0 aliphatic rings. The van der Waals surface area contributed by atoms with E-state index in [1.54, 1.807) is 24.3 Å². The van der Waals surface area contributed by atoms with Gasteiger partial charge in [-0.05, 0) is 36.4 Å². The van der Waals surface area contributed by atoms with Crippen molar-refractivity contribution in [3.05, 3.63) is 58.1 Å². The number of esters is 1. The van der Waals surface area contributed by atoms with Crippen molar-refractivity contribution in [2.75, 3.05) is 26.1 Å². The zero-order valence-electron chi connectivity index (χ0n) is 14.1. The minimum Gasteiger partial charge on any atom is -0.497 e. The Morgan fingerprint density at radius 2 is 1.81 bits per heavy atom. The van der Waals surface area contributed by atoms with Crippen molar-refractivity contribution in [1.82, 2.24) is 0 Å². The maximum Gasteiger partial charge on any atom is 0.338 e. The molecule has 136 valence electrons. The summed E-state index contributed by atoms with van der Waals surface area (Å²) in [5, 5.41) is 13.7. The summed E-state index contributed by atoms with van der Waals surface area (Å²) in [5.41, 5.74) is 0.0920. The van der Waals surface area contributed by atoms with Crippen molar-refractivity contribution < 1.29 is 28.7 Å². The number of methoxy groups -OCH3 is 2. The van der Waals surface area contributed by atoms with Crippen molar-refractivity contribution in [1.29, 1.82) is 0 Å². The minimum absolute atomic E-state index is 0.00855. The molecule has 0 bridgehead atoms. The van der Waals surface area contributed by atoms with E-state index in [1.807, 2.05) is 0 Å². The molecule has 2 aromatic rings. The van der Waals surface area contributed by atoms with Crippen LogP contribution in [0.1, 0.15) is 10.4 Å². The Hall–Kier alpha value is -3.62. The number of nitro benzene ring substituents is 1. The Morgan fingerprint density at radius 3 is 2.38 bits per heavy atom. The van der Waals surface area contributed by atoms with Crippen LogP contribution in [-0.2, 0) is 9.53 Å². The number of hydrogen-bond acceptors (Lipinski definition) is 7. The van der Waals surface area contributed by atoms with E-state index in [0.29, 0.717) is 11.4 Å². The molecule has 0 radical (unpaired) electrons. The molecule has 0 spiro atoms. The van der Waals surface area contributed by atoms with Gasteiger partial charge in [-0.1, -0.05) is 0 Å². The topological polar surface area (TPSA) is 117 Å². The molecule has 0 aromatic heterocycles. The Kier molecular flexibility index (Phi) is 6.10. The summed E-state index contributed by atoms with van der Waals surface area (Å²) in [7, 11) is 2.70. The highest BCUT2D eigenvalue weighted by Crippen LogP contribution is 2.28. The molecule has 0 heterocycles. The molecule has 9 heteroatoms. The van der Waals surface area contributed by atoms with Crippen LogP contribution in [0, 0.1) is 10.1 Å². The van der Waals surface area contributed by atoms with E-state index in [1.165, 1.54) is 26.4 Å². The third-order valence-corrected chi connectivity index (χ3v) is 3.31. The molecular weight excluding hydrogens is 344 g/mol. The van der Waals surface area contributed by atoms with Gasteiger partial charge < -0.3 is 19.5 Å². The number of carbonyl (C=O) groups excluding carboxylic acids is 2. The maximum atomic E-state index is 11.9. The van der Waals surface area contributed by atoms with E-state index in [9.17, 15) is 19.7 Å². The standard InChI is InChI=1S/C17H16N2O7/c1-24-13-6-4-12(5-7-13)18-16(20)10-26-15-8-3-11(17(21)25-2)9-14(15)19(22)23/h3-9H,10H2,1-2H3,(H,18,20). The molecule has 26 heavy (non-hydrogen) atoms. The molecule has 0 saturated heterocycles. The minimum atomic E-state index is -0.711. The molecule has 0 saturated carbocycles. The molecule has 1 N–H and O–H groups in total. The summed E-state index contributed by atoms with van der Waals surface area (Å²) in [6.07, 6.45) is 0. The van der Waals surface area contributed by atoms with Gasteiger partial charge in [0.15, 0.2) is 12.4 Å². The number of nitrogens with zero attached hydrogens (tertiary/aromatic N) is 1. The predicted molar refractivity (Wildman–Crippen MR) is 91.6 cm³/mol. The van der Waals surface area contributed by atoms with Crippen LogP contribution in [0.3, 0.4) is 0 Å². The number of nitro groups is 1. The fourth-order valence-corrected chi connectivity index (χ4v) is 2.04. The zero-order valence-corrected chi connectivity index (χ0v) is 14.1. The average molecular weight is 360 g/mol. The van der Waals surface area contributed by atoms with Crippen molar-refractivity contribution >= 4 is 23.3 Å². The number of rotatable bonds is 7. The van der Waals surface area contributed by atoms with E-state index in [0.717, 1.165) is 6.07 Å². The molecule has 0 aliphatic heterocycles. The fraction of sp³-hybridized carbons (Fsp3) is 0.176. The lowest BCUT2D eigenvalue weighted by Crippen LogP contribution is -2.20. The maximum absolute atomic E-state index is 11.9. The van der Waals surface area contributed by atoms with Gasteiger partial charge in [-0.3, -0.25) is 14.9 Å². The predicted octanol–water partition coefficient (Wildman–Crippen LogP) is 2.41. The number of anilines is 1. The third-order valence-electron chi connectivity index (χ3n) is 3.31. The first-order chi connectivity index (χ1) is 12.4. The van der Waals surface area contributed by atoms with Gasteiger partial charge in [0, 0.05) is 11.8 Å². The molecular formula is C17H16N2O7. The van der Waals surface area contributed by atoms with E-state index < -0.39 is 29.1 Å². The number of benzene rings is 2. The summed E-state index contributed by atoms with van der Waals surface area (Å²) < 4.78 is 14.7. The lowest BCUT2D eigenvalue weighted by molar-refractivity contribution is -0.385. The van der Waals surface area contributed by atoms with E-state index in [4.69, 9.17) is 9.47 Å². The summed E-state index contributed by atoms with van der Waals surface area (Å²) >= 11 is 0.